The van der Waals surface area contributed by atoms with Gasteiger partial charge in [-0.1, -0.05) is 6.42 Å². The maximum atomic E-state index is 11.5. The molecule has 3 heteroatoms. The highest BCUT2D eigenvalue weighted by Gasteiger charge is 2.45. The second kappa shape index (κ2) is 6.03. The summed E-state index contributed by atoms with van der Waals surface area (Å²) in [7, 11) is 0. The van der Waals surface area contributed by atoms with E-state index in [4.69, 9.17) is 10.5 Å². The van der Waals surface area contributed by atoms with Crippen LogP contribution < -0.4 is 10.5 Å². The highest BCUT2D eigenvalue weighted by atomic mass is 16.5. The van der Waals surface area contributed by atoms with Gasteiger partial charge in [0.05, 0.1) is 6.61 Å². The van der Waals surface area contributed by atoms with Crippen molar-refractivity contribution < 1.29 is 9.53 Å². The lowest BCUT2D eigenvalue weighted by Gasteiger charge is -2.52. The molecule has 1 aromatic carbocycles. The topological polar surface area (TPSA) is 52.3 Å². The molecule has 2 N–H and O–H groups in total. The molecular formula is C22H29NO2. The van der Waals surface area contributed by atoms with Crippen molar-refractivity contribution >= 4 is 5.91 Å². The van der Waals surface area contributed by atoms with E-state index in [1.165, 1.54) is 56.9 Å². The van der Waals surface area contributed by atoms with Gasteiger partial charge in [0.2, 0.25) is 5.91 Å². The number of carbonyl (C=O) groups is 1. The van der Waals surface area contributed by atoms with Crippen LogP contribution in [0.5, 0.6) is 5.75 Å². The smallest absolute Gasteiger partial charge is 0.248 e. The van der Waals surface area contributed by atoms with Crippen LogP contribution >= 0.6 is 0 Å². The molecule has 0 saturated heterocycles. The Morgan fingerprint density at radius 2 is 1.88 bits per heavy atom. The number of hydrogen-bond acceptors (Lipinski definition) is 2. The van der Waals surface area contributed by atoms with Crippen molar-refractivity contribution in [1.29, 1.82) is 0 Å². The molecule has 5 atom stereocenters. The molecule has 0 aliphatic heterocycles. The van der Waals surface area contributed by atoms with Gasteiger partial charge in [-0.3, -0.25) is 4.79 Å². The molecule has 0 spiro atoms. The first-order valence-corrected chi connectivity index (χ1v) is 10.2. The molecular weight excluding hydrogens is 310 g/mol. The standard InChI is InChI=1S/C22H29NO2/c23-22(24)16-4-6-21(20(11-16)15-2-3-15)25-12-18-10-14-7-13-1-5-19(18)17(8-13)9-14/h4,6,11,13-15,17-19H,1-3,5,7-10,12H2,(H2,23,24). The van der Waals surface area contributed by atoms with Gasteiger partial charge < -0.3 is 10.5 Å². The zero-order valence-corrected chi connectivity index (χ0v) is 15.0. The van der Waals surface area contributed by atoms with E-state index in [2.05, 4.69) is 0 Å². The minimum Gasteiger partial charge on any atom is -0.493 e. The van der Waals surface area contributed by atoms with Crippen molar-refractivity contribution in [3.8, 4) is 5.75 Å². The third-order valence-electron chi connectivity index (χ3n) is 7.46. The van der Waals surface area contributed by atoms with Crippen LogP contribution in [-0.4, -0.2) is 12.5 Å². The molecule has 5 unspecified atom stereocenters. The van der Waals surface area contributed by atoms with Gasteiger partial charge in [0, 0.05) is 5.56 Å². The molecule has 4 saturated carbocycles. The van der Waals surface area contributed by atoms with Gasteiger partial charge in [0.1, 0.15) is 5.75 Å². The van der Waals surface area contributed by atoms with E-state index in [1.807, 2.05) is 18.2 Å². The molecule has 25 heavy (non-hydrogen) atoms. The molecule has 0 heterocycles. The van der Waals surface area contributed by atoms with Crippen molar-refractivity contribution in [1.82, 2.24) is 0 Å². The van der Waals surface area contributed by atoms with E-state index in [1.54, 1.807) is 0 Å². The summed E-state index contributed by atoms with van der Waals surface area (Å²) < 4.78 is 6.38. The van der Waals surface area contributed by atoms with Crippen molar-refractivity contribution in [2.75, 3.05) is 6.61 Å². The monoisotopic (exact) mass is 339 g/mol. The average Bonchev–Trinajstić information content (AvgIpc) is 3.43. The zero-order chi connectivity index (χ0) is 17.0. The Morgan fingerprint density at radius 3 is 2.68 bits per heavy atom. The first kappa shape index (κ1) is 15.7. The van der Waals surface area contributed by atoms with Gasteiger partial charge in [-0.2, -0.15) is 0 Å². The zero-order valence-electron chi connectivity index (χ0n) is 15.0. The summed E-state index contributed by atoms with van der Waals surface area (Å²) in [5.74, 6) is 5.80. The van der Waals surface area contributed by atoms with Crippen molar-refractivity contribution in [2.45, 2.75) is 57.3 Å². The van der Waals surface area contributed by atoms with E-state index < -0.39 is 0 Å². The Hall–Kier alpha value is -1.51. The number of nitrogens with two attached hydrogens (primary N) is 1. The maximum absolute atomic E-state index is 11.5. The normalized spacial score (nSPS) is 36.2. The van der Waals surface area contributed by atoms with Crippen LogP contribution in [0.4, 0.5) is 0 Å². The molecule has 134 valence electrons. The average molecular weight is 339 g/mol. The molecule has 3 nitrogen and oxygen atoms in total. The predicted molar refractivity (Wildman–Crippen MR) is 97.6 cm³/mol. The predicted octanol–water partition coefficient (Wildman–Crippen LogP) is 4.50. The number of carbonyl (C=O) groups excluding carboxylic acids is 1. The molecule has 4 fully saturated rings. The van der Waals surface area contributed by atoms with E-state index in [0.717, 1.165) is 41.9 Å². The number of primary amides is 1. The third-order valence-corrected chi connectivity index (χ3v) is 7.46. The van der Waals surface area contributed by atoms with Gasteiger partial charge in [0.15, 0.2) is 0 Å². The lowest BCUT2D eigenvalue weighted by molar-refractivity contribution is -0.0260. The number of hydrogen-bond donors (Lipinski definition) is 1. The minimum atomic E-state index is -0.342. The first-order valence-electron chi connectivity index (χ1n) is 10.2. The Bertz CT molecular complexity index is 675. The Morgan fingerprint density at radius 1 is 1.04 bits per heavy atom. The van der Waals surface area contributed by atoms with Gasteiger partial charge in [0.25, 0.3) is 0 Å². The van der Waals surface area contributed by atoms with Crippen LogP contribution in [0, 0.1) is 29.6 Å². The first-order chi connectivity index (χ1) is 12.2. The van der Waals surface area contributed by atoms with Gasteiger partial charge in [-0.25, -0.2) is 0 Å². The van der Waals surface area contributed by atoms with Crippen molar-refractivity contribution in [3.05, 3.63) is 29.3 Å². The summed E-state index contributed by atoms with van der Waals surface area (Å²) in [6.45, 7) is 0.859. The summed E-state index contributed by atoms with van der Waals surface area (Å²) in [5, 5.41) is 0. The molecule has 1 amide bonds. The molecule has 5 rings (SSSR count). The fourth-order valence-electron chi connectivity index (χ4n) is 6.22. The van der Waals surface area contributed by atoms with Crippen LogP contribution in [0.25, 0.3) is 0 Å². The Labute approximate surface area is 150 Å². The molecule has 0 radical (unpaired) electrons. The van der Waals surface area contributed by atoms with Crippen LogP contribution in [0.1, 0.15) is 73.2 Å². The second-order valence-electron chi connectivity index (χ2n) is 9.14. The van der Waals surface area contributed by atoms with E-state index in [-0.39, 0.29) is 5.91 Å². The fourth-order valence-corrected chi connectivity index (χ4v) is 6.22. The Kier molecular flexibility index (Phi) is 3.79. The minimum absolute atomic E-state index is 0.342. The maximum Gasteiger partial charge on any atom is 0.248 e. The van der Waals surface area contributed by atoms with Crippen LogP contribution in [0.2, 0.25) is 0 Å². The molecule has 4 aliphatic carbocycles. The molecule has 3 bridgehead atoms. The molecule has 4 aliphatic rings. The van der Waals surface area contributed by atoms with Gasteiger partial charge in [-0.15, -0.1) is 0 Å². The quantitative estimate of drug-likeness (QED) is 0.858. The lowest BCUT2D eigenvalue weighted by atomic mass is 9.54. The summed E-state index contributed by atoms with van der Waals surface area (Å²) in [4.78, 5) is 11.5. The van der Waals surface area contributed by atoms with Crippen molar-refractivity contribution in [3.63, 3.8) is 0 Å². The number of benzene rings is 1. The number of amides is 1. The molecule has 0 aromatic heterocycles. The summed E-state index contributed by atoms with van der Waals surface area (Å²) >= 11 is 0. The number of rotatable bonds is 5. The number of fused-ring (bicyclic) bond motifs is 2. The van der Waals surface area contributed by atoms with Gasteiger partial charge in [-0.05, 0) is 104 Å². The largest absolute Gasteiger partial charge is 0.493 e. The second-order valence-corrected chi connectivity index (χ2v) is 9.14. The van der Waals surface area contributed by atoms with Crippen LogP contribution in [0.3, 0.4) is 0 Å². The SMILES string of the molecule is NC(=O)c1ccc(OCC2CC3CC4CCC2C(C4)C3)c(C2CC2)c1. The summed E-state index contributed by atoms with van der Waals surface area (Å²) in [6.07, 6.45) is 11.1. The summed E-state index contributed by atoms with van der Waals surface area (Å²) in [6, 6.07) is 5.77. The summed E-state index contributed by atoms with van der Waals surface area (Å²) in [5.41, 5.74) is 7.27. The van der Waals surface area contributed by atoms with Crippen molar-refractivity contribution in [2.24, 2.45) is 35.3 Å². The third kappa shape index (κ3) is 2.96. The molecule has 1 aromatic rings. The highest BCUT2D eigenvalue weighted by Crippen LogP contribution is 2.54. The van der Waals surface area contributed by atoms with Crippen LogP contribution in [0.15, 0.2) is 18.2 Å². The van der Waals surface area contributed by atoms with Crippen LogP contribution in [-0.2, 0) is 0 Å². The number of ether oxygens (including phenoxy) is 1. The fraction of sp³-hybridized carbons (Fsp3) is 0.682. The van der Waals surface area contributed by atoms with E-state index in [9.17, 15) is 4.79 Å². The van der Waals surface area contributed by atoms with Gasteiger partial charge >= 0.3 is 0 Å². The highest BCUT2D eigenvalue weighted by molar-refractivity contribution is 5.93. The van der Waals surface area contributed by atoms with E-state index in [0.29, 0.717) is 11.5 Å². The van der Waals surface area contributed by atoms with E-state index >= 15 is 0 Å². The lowest BCUT2D eigenvalue weighted by Crippen LogP contribution is -2.44. The Balaban J connectivity index is 1.32.